The van der Waals surface area contributed by atoms with Gasteiger partial charge in [-0.25, -0.2) is 0 Å². The van der Waals surface area contributed by atoms with Gasteiger partial charge in [0.2, 0.25) is 0 Å². The van der Waals surface area contributed by atoms with Crippen LogP contribution in [0.1, 0.15) is 46.5 Å². The van der Waals surface area contributed by atoms with Crippen molar-refractivity contribution in [2.75, 3.05) is 0 Å². The minimum atomic E-state index is 0.480. The molecule has 0 aliphatic heterocycles. The Kier molecular flexibility index (Phi) is 2.12. The Labute approximate surface area is 67.0 Å². The maximum atomic E-state index is 3.08. The predicted octanol–water partition coefficient (Wildman–Crippen LogP) is 3.22. The van der Waals surface area contributed by atoms with Crippen LogP contribution in [0.25, 0.3) is 0 Å². The molecule has 60 valence electrons. The summed E-state index contributed by atoms with van der Waals surface area (Å²) in [7, 11) is 3.08. The lowest BCUT2D eigenvalue weighted by atomic mass is 9.79. The number of hydrogen-bond donors (Lipinski definition) is 0. The average Bonchev–Trinajstić information content (AvgIpc) is 2.13. The van der Waals surface area contributed by atoms with E-state index in [9.17, 15) is 0 Å². The van der Waals surface area contributed by atoms with Crippen molar-refractivity contribution in [1.29, 1.82) is 0 Å². The summed E-state index contributed by atoms with van der Waals surface area (Å²) >= 11 is 0. The Morgan fingerprint density at radius 3 is 1.70 bits per heavy atom. The highest BCUT2D eigenvalue weighted by atomic mass is 31.0. The average molecular weight is 158 g/mol. The van der Waals surface area contributed by atoms with Crippen LogP contribution in [0.4, 0.5) is 0 Å². The molecular weight excluding hydrogens is 139 g/mol. The Morgan fingerprint density at radius 2 is 1.50 bits per heavy atom. The first-order chi connectivity index (χ1) is 4.46. The van der Waals surface area contributed by atoms with Crippen LogP contribution in [0.15, 0.2) is 0 Å². The van der Waals surface area contributed by atoms with Gasteiger partial charge in [0.25, 0.3) is 0 Å². The molecule has 0 nitrogen and oxygen atoms in total. The van der Waals surface area contributed by atoms with Gasteiger partial charge in [-0.2, -0.15) is 0 Å². The molecule has 1 fully saturated rings. The van der Waals surface area contributed by atoms with Gasteiger partial charge in [-0.05, 0) is 23.4 Å². The highest BCUT2D eigenvalue weighted by Gasteiger charge is 2.39. The van der Waals surface area contributed by atoms with Gasteiger partial charge in [0, 0.05) is 0 Å². The summed E-state index contributed by atoms with van der Waals surface area (Å²) in [5.41, 5.74) is 0.480. The Morgan fingerprint density at radius 1 is 1.10 bits per heavy atom. The van der Waals surface area contributed by atoms with Crippen molar-refractivity contribution in [2.24, 2.45) is 5.41 Å². The SMILES string of the molecule is CC(C)(C)C1(P)CCCC1. The van der Waals surface area contributed by atoms with Crippen LogP contribution in [-0.2, 0) is 0 Å². The van der Waals surface area contributed by atoms with Crippen LogP contribution in [0.2, 0.25) is 0 Å². The zero-order valence-electron chi connectivity index (χ0n) is 7.41. The fraction of sp³-hybridized carbons (Fsp3) is 1.00. The van der Waals surface area contributed by atoms with Gasteiger partial charge in [-0.1, -0.05) is 33.6 Å². The van der Waals surface area contributed by atoms with Crippen LogP contribution in [-0.4, -0.2) is 5.16 Å². The van der Waals surface area contributed by atoms with Crippen LogP contribution < -0.4 is 0 Å². The summed E-state index contributed by atoms with van der Waals surface area (Å²) in [5.74, 6) is 0. The minimum Gasteiger partial charge on any atom is -0.131 e. The van der Waals surface area contributed by atoms with Crippen LogP contribution >= 0.6 is 9.24 Å². The molecular formula is C9H19P. The predicted molar refractivity (Wildman–Crippen MR) is 50.4 cm³/mol. The summed E-state index contributed by atoms with van der Waals surface area (Å²) in [6.45, 7) is 7.06. The molecule has 0 amide bonds. The van der Waals surface area contributed by atoms with E-state index in [1.807, 2.05) is 0 Å². The maximum absolute atomic E-state index is 3.08. The van der Waals surface area contributed by atoms with E-state index >= 15 is 0 Å². The maximum Gasteiger partial charge on any atom is -0.0102 e. The Balaban J connectivity index is 2.67. The van der Waals surface area contributed by atoms with Gasteiger partial charge in [0.05, 0.1) is 0 Å². The van der Waals surface area contributed by atoms with Gasteiger partial charge < -0.3 is 0 Å². The molecule has 0 spiro atoms. The van der Waals surface area contributed by atoms with Gasteiger partial charge in [0.15, 0.2) is 0 Å². The summed E-state index contributed by atoms with van der Waals surface area (Å²) in [5, 5.41) is 0.549. The van der Waals surface area contributed by atoms with Gasteiger partial charge in [-0.3, -0.25) is 0 Å². The second-order valence-electron chi connectivity index (χ2n) is 4.61. The normalized spacial score (nSPS) is 25.2. The summed E-state index contributed by atoms with van der Waals surface area (Å²) < 4.78 is 0. The second-order valence-corrected chi connectivity index (χ2v) is 5.72. The molecule has 0 heterocycles. The third-order valence-electron chi connectivity index (χ3n) is 2.99. The van der Waals surface area contributed by atoms with Crippen molar-refractivity contribution in [3.8, 4) is 0 Å². The molecule has 1 heteroatoms. The van der Waals surface area contributed by atoms with Gasteiger partial charge >= 0.3 is 0 Å². The van der Waals surface area contributed by atoms with Crippen LogP contribution in [0.5, 0.6) is 0 Å². The summed E-state index contributed by atoms with van der Waals surface area (Å²) in [4.78, 5) is 0. The topological polar surface area (TPSA) is 0 Å². The standard InChI is InChI=1S/C9H19P/c1-8(2,3)9(10)6-4-5-7-9/h4-7,10H2,1-3H3. The first-order valence-corrected chi connectivity index (χ1v) is 4.82. The first kappa shape index (κ1) is 8.53. The van der Waals surface area contributed by atoms with Crippen molar-refractivity contribution in [1.82, 2.24) is 0 Å². The highest BCUT2D eigenvalue weighted by molar-refractivity contribution is 7.19. The summed E-state index contributed by atoms with van der Waals surface area (Å²) in [6, 6.07) is 0. The molecule has 0 aromatic carbocycles. The molecule has 0 saturated heterocycles. The molecule has 1 aliphatic carbocycles. The van der Waals surface area contributed by atoms with Crippen molar-refractivity contribution in [3.05, 3.63) is 0 Å². The first-order valence-electron chi connectivity index (χ1n) is 4.25. The van der Waals surface area contributed by atoms with E-state index in [1.54, 1.807) is 0 Å². The fourth-order valence-corrected chi connectivity index (χ4v) is 2.16. The smallest absolute Gasteiger partial charge is 0.0102 e. The van der Waals surface area contributed by atoms with Crippen molar-refractivity contribution < 1.29 is 0 Å². The zero-order valence-corrected chi connectivity index (χ0v) is 8.56. The molecule has 0 radical (unpaired) electrons. The van der Waals surface area contributed by atoms with E-state index in [1.165, 1.54) is 25.7 Å². The molecule has 1 saturated carbocycles. The number of rotatable bonds is 0. The van der Waals surface area contributed by atoms with E-state index < -0.39 is 0 Å². The van der Waals surface area contributed by atoms with Crippen LogP contribution in [0.3, 0.4) is 0 Å². The lowest BCUT2D eigenvalue weighted by Gasteiger charge is -2.38. The van der Waals surface area contributed by atoms with Crippen LogP contribution in [0, 0.1) is 5.41 Å². The Hall–Kier alpha value is 0.430. The van der Waals surface area contributed by atoms with Crippen molar-refractivity contribution in [2.45, 2.75) is 51.6 Å². The Bertz CT molecular complexity index is 115. The molecule has 1 unspecified atom stereocenters. The lowest BCUT2D eigenvalue weighted by Crippen LogP contribution is -2.33. The van der Waals surface area contributed by atoms with E-state index in [4.69, 9.17) is 0 Å². The van der Waals surface area contributed by atoms with Gasteiger partial charge in [0.1, 0.15) is 0 Å². The van der Waals surface area contributed by atoms with Crippen molar-refractivity contribution >= 4 is 9.24 Å². The van der Waals surface area contributed by atoms with Gasteiger partial charge in [-0.15, -0.1) is 9.24 Å². The highest BCUT2D eigenvalue weighted by Crippen LogP contribution is 2.49. The van der Waals surface area contributed by atoms with Crippen molar-refractivity contribution in [3.63, 3.8) is 0 Å². The van der Waals surface area contributed by atoms with E-state index in [2.05, 4.69) is 30.0 Å². The van der Waals surface area contributed by atoms with E-state index in [0.29, 0.717) is 10.6 Å². The van der Waals surface area contributed by atoms with E-state index in [0.717, 1.165) is 0 Å². The molecule has 1 atom stereocenters. The third-order valence-corrected chi connectivity index (χ3v) is 4.43. The monoisotopic (exact) mass is 158 g/mol. The molecule has 10 heavy (non-hydrogen) atoms. The molecule has 0 aromatic heterocycles. The van der Waals surface area contributed by atoms with E-state index in [-0.39, 0.29) is 0 Å². The molecule has 0 N–H and O–H groups in total. The molecule has 1 aliphatic rings. The largest absolute Gasteiger partial charge is 0.131 e. The number of hydrogen-bond acceptors (Lipinski definition) is 0. The quantitative estimate of drug-likeness (QED) is 0.475. The molecule has 1 rings (SSSR count). The molecule has 0 bridgehead atoms. The second kappa shape index (κ2) is 2.48. The fourth-order valence-electron chi connectivity index (χ4n) is 1.76. The summed E-state index contributed by atoms with van der Waals surface area (Å²) in [6.07, 6.45) is 5.67. The lowest BCUT2D eigenvalue weighted by molar-refractivity contribution is 0.284. The third kappa shape index (κ3) is 1.37. The minimum absolute atomic E-state index is 0.480. The molecule has 0 aromatic rings. The zero-order chi connectivity index (χ0) is 7.83.